The molecule has 0 bridgehead atoms. The van der Waals surface area contributed by atoms with Crippen LogP contribution in [0.2, 0.25) is 0 Å². The number of aromatic nitrogens is 1. The highest BCUT2D eigenvalue weighted by Crippen LogP contribution is 2.19. The molecule has 1 aromatic rings. The molecule has 0 fully saturated rings. The monoisotopic (exact) mass is 212 g/mol. The van der Waals surface area contributed by atoms with Crippen LogP contribution in [0.5, 0.6) is 0 Å². The highest BCUT2D eigenvalue weighted by atomic mass is 32.2. The minimum absolute atomic E-state index is 0.258. The number of pyridine rings is 1. The molecule has 0 spiro atoms. The van der Waals surface area contributed by atoms with Crippen molar-refractivity contribution in [3.8, 4) is 0 Å². The zero-order valence-electron chi connectivity index (χ0n) is 8.31. The summed E-state index contributed by atoms with van der Waals surface area (Å²) in [5.41, 5.74) is 6.65. The third-order valence-corrected chi connectivity index (χ3v) is 3.22. The number of thioether (sulfide) groups is 1. The van der Waals surface area contributed by atoms with E-state index in [4.69, 9.17) is 10.8 Å². The Morgan fingerprint density at radius 1 is 1.57 bits per heavy atom. The van der Waals surface area contributed by atoms with E-state index in [1.807, 2.05) is 23.9 Å². The van der Waals surface area contributed by atoms with Gasteiger partial charge in [-0.25, -0.2) is 4.98 Å². The third kappa shape index (κ3) is 3.98. The fourth-order valence-corrected chi connectivity index (χ4v) is 1.94. The van der Waals surface area contributed by atoms with Crippen molar-refractivity contribution in [2.45, 2.75) is 24.3 Å². The van der Waals surface area contributed by atoms with Gasteiger partial charge in [0.25, 0.3) is 0 Å². The van der Waals surface area contributed by atoms with Gasteiger partial charge in [-0.1, -0.05) is 13.0 Å². The summed E-state index contributed by atoms with van der Waals surface area (Å²) >= 11 is 1.82. The second kappa shape index (κ2) is 5.88. The summed E-state index contributed by atoms with van der Waals surface area (Å²) < 4.78 is 0. The van der Waals surface area contributed by atoms with E-state index in [0.717, 1.165) is 12.2 Å². The van der Waals surface area contributed by atoms with Crippen LogP contribution in [0.15, 0.2) is 18.3 Å². The first-order valence-corrected chi connectivity index (χ1v) is 5.70. The second-order valence-electron chi connectivity index (χ2n) is 3.23. The lowest BCUT2D eigenvalue weighted by molar-refractivity contribution is 0.289. The topological polar surface area (TPSA) is 59.1 Å². The molecule has 1 atom stereocenters. The second-order valence-corrected chi connectivity index (χ2v) is 4.65. The molecule has 3 N–H and O–H groups in total. The lowest BCUT2D eigenvalue weighted by Gasteiger charge is -2.08. The summed E-state index contributed by atoms with van der Waals surface area (Å²) in [6.45, 7) is 2.37. The molecule has 0 saturated carbocycles. The average Bonchev–Trinajstić information content (AvgIpc) is 2.17. The maximum absolute atomic E-state index is 8.73. The number of nitrogen functional groups attached to an aromatic ring is 1. The van der Waals surface area contributed by atoms with Crippen molar-refractivity contribution in [3.63, 3.8) is 0 Å². The van der Waals surface area contributed by atoms with Gasteiger partial charge in [0, 0.05) is 23.8 Å². The third-order valence-electron chi connectivity index (χ3n) is 1.92. The van der Waals surface area contributed by atoms with Crippen LogP contribution in [0.4, 0.5) is 5.82 Å². The Hall–Kier alpha value is -0.740. The quantitative estimate of drug-likeness (QED) is 0.779. The normalized spacial score (nSPS) is 12.7. The summed E-state index contributed by atoms with van der Waals surface area (Å²) in [6.07, 6.45) is 2.64. The molecule has 78 valence electrons. The first-order chi connectivity index (χ1) is 6.72. The fourth-order valence-electron chi connectivity index (χ4n) is 1.02. The number of hydrogen-bond donors (Lipinski definition) is 2. The van der Waals surface area contributed by atoms with Crippen LogP contribution < -0.4 is 5.73 Å². The Balaban J connectivity index is 2.34. The zero-order chi connectivity index (χ0) is 10.4. The zero-order valence-corrected chi connectivity index (χ0v) is 9.13. The lowest BCUT2D eigenvalue weighted by Crippen LogP contribution is -2.00. The number of anilines is 1. The van der Waals surface area contributed by atoms with Crippen LogP contribution in [0, 0.1) is 0 Å². The number of aliphatic hydroxyl groups excluding tert-OH is 1. The van der Waals surface area contributed by atoms with Gasteiger partial charge in [-0.3, -0.25) is 0 Å². The number of nitrogens with two attached hydrogens (primary N) is 1. The average molecular weight is 212 g/mol. The van der Waals surface area contributed by atoms with Crippen molar-refractivity contribution >= 4 is 17.6 Å². The highest BCUT2D eigenvalue weighted by Gasteiger charge is 2.02. The highest BCUT2D eigenvalue weighted by molar-refractivity contribution is 7.99. The van der Waals surface area contributed by atoms with Crippen LogP contribution in [0.25, 0.3) is 0 Å². The number of rotatable bonds is 5. The lowest BCUT2D eigenvalue weighted by atomic mass is 10.3. The minimum Gasteiger partial charge on any atom is -0.396 e. The standard InChI is InChI=1S/C10H16N2OS/c1-8(4-5-13)14-7-9-2-3-10(11)12-6-9/h2-3,6,8,13H,4-5,7H2,1H3,(H2,11,12). The van der Waals surface area contributed by atoms with Crippen molar-refractivity contribution in [2.24, 2.45) is 0 Å². The van der Waals surface area contributed by atoms with E-state index >= 15 is 0 Å². The van der Waals surface area contributed by atoms with Gasteiger partial charge in [-0.15, -0.1) is 0 Å². The summed E-state index contributed by atoms with van der Waals surface area (Å²) in [5.74, 6) is 1.48. The van der Waals surface area contributed by atoms with Gasteiger partial charge in [0.1, 0.15) is 5.82 Å². The van der Waals surface area contributed by atoms with Crippen LogP contribution in [-0.4, -0.2) is 21.9 Å². The van der Waals surface area contributed by atoms with Crippen molar-refractivity contribution in [2.75, 3.05) is 12.3 Å². The number of nitrogens with zero attached hydrogens (tertiary/aromatic N) is 1. The minimum atomic E-state index is 0.258. The van der Waals surface area contributed by atoms with Crippen molar-refractivity contribution in [3.05, 3.63) is 23.9 Å². The molecule has 3 nitrogen and oxygen atoms in total. The smallest absolute Gasteiger partial charge is 0.123 e. The Morgan fingerprint density at radius 2 is 2.36 bits per heavy atom. The van der Waals surface area contributed by atoms with Crippen LogP contribution >= 0.6 is 11.8 Å². The van der Waals surface area contributed by atoms with Crippen molar-refractivity contribution in [1.82, 2.24) is 4.98 Å². The van der Waals surface area contributed by atoms with Crippen molar-refractivity contribution in [1.29, 1.82) is 0 Å². The summed E-state index contributed by atoms with van der Waals surface area (Å²) in [7, 11) is 0. The predicted octanol–water partition coefficient (Wildman–Crippen LogP) is 1.67. The number of aliphatic hydroxyl groups is 1. The Bertz CT molecular complexity index is 263. The molecule has 4 heteroatoms. The van der Waals surface area contributed by atoms with E-state index in [-0.39, 0.29) is 6.61 Å². The van der Waals surface area contributed by atoms with Gasteiger partial charge < -0.3 is 10.8 Å². The molecule has 0 radical (unpaired) electrons. The van der Waals surface area contributed by atoms with Gasteiger partial charge in [0.15, 0.2) is 0 Å². The van der Waals surface area contributed by atoms with Crippen LogP contribution in [0.3, 0.4) is 0 Å². The molecule has 1 unspecified atom stereocenters. The van der Waals surface area contributed by atoms with Gasteiger partial charge in [0.05, 0.1) is 0 Å². The van der Waals surface area contributed by atoms with Gasteiger partial charge >= 0.3 is 0 Å². The molecule has 14 heavy (non-hydrogen) atoms. The summed E-state index contributed by atoms with van der Waals surface area (Å²) in [5, 5.41) is 9.21. The molecule has 0 aromatic carbocycles. The maximum Gasteiger partial charge on any atom is 0.123 e. The SMILES string of the molecule is CC(CCO)SCc1ccc(N)nc1. The summed E-state index contributed by atoms with van der Waals surface area (Å²) in [6, 6.07) is 3.80. The first-order valence-electron chi connectivity index (χ1n) is 4.65. The van der Waals surface area contributed by atoms with Crippen molar-refractivity contribution < 1.29 is 5.11 Å². The van der Waals surface area contributed by atoms with Crippen LogP contribution in [-0.2, 0) is 5.75 Å². The first kappa shape index (κ1) is 11.3. The van der Waals surface area contributed by atoms with E-state index in [2.05, 4.69) is 11.9 Å². The van der Waals surface area contributed by atoms with Gasteiger partial charge in [-0.05, 0) is 18.1 Å². The molecule has 1 heterocycles. The molecule has 0 amide bonds. The molecular weight excluding hydrogens is 196 g/mol. The molecule has 0 aliphatic rings. The molecule has 0 saturated heterocycles. The molecule has 0 aliphatic carbocycles. The van der Waals surface area contributed by atoms with E-state index in [1.165, 1.54) is 5.56 Å². The van der Waals surface area contributed by atoms with E-state index < -0.39 is 0 Å². The maximum atomic E-state index is 8.73. The van der Waals surface area contributed by atoms with E-state index in [0.29, 0.717) is 11.1 Å². The Morgan fingerprint density at radius 3 is 2.93 bits per heavy atom. The fraction of sp³-hybridized carbons (Fsp3) is 0.500. The summed E-state index contributed by atoms with van der Waals surface area (Å²) in [4.78, 5) is 4.02. The Kier molecular flexibility index (Phi) is 4.76. The molecule has 1 rings (SSSR count). The molecule has 1 aromatic heterocycles. The van der Waals surface area contributed by atoms with Crippen LogP contribution in [0.1, 0.15) is 18.9 Å². The van der Waals surface area contributed by atoms with E-state index in [9.17, 15) is 0 Å². The largest absolute Gasteiger partial charge is 0.396 e. The molecule has 0 aliphatic heterocycles. The number of hydrogen-bond acceptors (Lipinski definition) is 4. The predicted molar refractivity (Wildman–Crippen MR) is 61.1 cm³/mol. The van der Waals surface area contributed by atoms with Gasteiger partial charge in [0.2, 0.25) is 0 Å². The van der Waals surface area contributed by atoms with Gasteiger partial charge in [-0.2, -0.15) is 11.8 Å². The molecular formula is C10H16N2OS. The van der Waals surface area contributed by atoms with E-state index in [1.54, 1.807) is 6.20 Å². The Labute approximate surface area is 88.7 Å².